The van der Waals surface area contributed by atoms with E-state index in [2.05, 4.69) is 5.16 Å². The highest BCUT2D eigenvalue weighted by Crippen LogP contribution is 2.30. The molecule has 2 aromatic carbocycles. The molecule has 1 aliphatic carbocycles. The van der Waals surface area contributed by atoms with Crippen molar-refractivity contribution >= 4 is 23.2 Å². The van der Waals surface area contributed by atoms with Gasteiger partial charge < -0.3 is 14.5 Å². The third-order valence-corrected chi connectivity index (χ3v) is 5.95. The molecule has 5 nitrogen and oxygen atoms in total. The van der Waals surface area contributed by atoms with Crippen molar-refractivity contribution < 1.29 is 14.4 Å². The first-order chi connectivity index (χ1) is 14.1. The van der Waals surface area contributed by atoms with Crippen LogP contribution in [-0.4, -0.2) is 36.3 Å². The number of hydrogen-bond acceptors (Lipinski definition) is 4. The first kappa shape index (κ1) is 19.8. The Balaban J connectivity index is 1.46. The van der Waals surface area contributed by atoms with Crippen LogP contribution >= 0.6 is 11.6 Å². The van der Waals surface area contributed by atoms with Crippen molar-refractivity contribution in [2.45, 2.75) is 38.3 Å². The minimum atomic E-state index is -0.170. The molecule has 0 aromatic heterocycles. The van der Waals surface area contributed by atoms with E-state index >= 15 is 0 Å². The molecule has 2 aliphatic rings. The average molecular weight is 413 g/mol. The average Bonchev–Trinajstić information content (AvgIpc) is 3.15. The molecule has 0 unspecified atom stereocenters. The van der Waals surface area contributed by atoms with Gasteiger partial charge in [0.25, 0.3) is 0 Å². The number of halogens is 1. The van der Waals surface area contributed by atoms with Crippen LogP contribution in [0.2, 0.25) is 5.02 Å². The van der Waals surface area contributed by atoms with Gasteiger partial charge in [0.05, 0.1) is 19.4 Å². The molecule has 1 atom stereocenters. The Bertz CT molecular complexity index is 911. The van der Waals surface area contributed by atoms with E-state index in [0.29, 0.717) is 24.5 Å². The molecule has 4 rings (SSSR count). The lowest BCUT2D eigenvalue weighted by Gasteiger charge is -2.32. The molecule has 0 bridgehead atoms. The van der Waals surface area contributed by atoms with Gasteiger partial charge in [-0.2, -0.15) is 0 Å². The number of hydrogen-bond donors (Lipinski definition) is 0. The van der Waals surface area contributed by atoms with Crippen molar-refractivity contribution in [1.29, 1.82) is 0 Å². The van der Waals surface area contributed by atoms with Crippen molar-refractivity contribution in [3.63, 3.8) is 0 Å². The molecule has 152 valence electrons. The maximum Gasteiger partial charge on any atom is 0.226 e. The zero-order valence-corrected chi connectivity index (χ0v) is 17.3. The van der Waals surface area contributed by atoms with Gasteiger partial charge in [0, 0.05) is 29.5 Å². The lowest BCUT2D eigenvalue weighted by atomic mass is 9.84. The highest BCUT2D eigenvalue weighted by molar-refractivity contribution is 6.34. The molecule has 0 spiro atoms. The van der Waals surface area contributed by atoms with E-state index in [9.17, 15) is 4.79 Å². The Morgan fingerprint density at radius 2 is 2.07 bits per heavy atom. The third-order valence-electron chi connectivity index (χ3n) is 5.62. The second-order valence-electron chi connectivity index (χ2n) is 7.65. The fourth-order valence-corrected chi connectivity index (χ4v) is 4.01. The number of carbonyl (C=O) groups is 1. The summed E-state index contributed by atoms with van der Waals surface area (Å²) >= 11 is 6.30. The Morgan fingerprint density at radius 3 is 2.79 bits per heavy atom. The monoisotopic (exact) mass is 412 g/mol. The lowest BCUT2D eigenvalue weighted by molar-refractivity contribution is -0.140. The Morgan fingerprint density at radius 1 is 1.24 bits per heavy atom. The van der Waals surface area contributed by atoms with E-state index in [1.165, 1.54) is 0 Å². The minimum Gasteiger partial charge on any atom is -0.497 e. The van der Waals surface area contributed by atoms with Crippen LogP contribution in [0.25, 0.3) is 0 Å². The number of nitrogens with zero attached hydrogens (tertiary/aromatic N) is 2. The van der Waals surface area contributed by atoms with Crippen molar-refractivity contribution in [2.24, 2.45) is 11.1 Å². The van der Waals surface area contributed by atoms with E-state index in [0.717, 1.165) is 41.9 Å². The SMILES string of the molecule is COc1cccc(CN(C[C@H]2CC(c3ccccc3Cl)=NO2)C(=O)C2CCC2)c1. The Labute approximate surface area is 176 Å². The second kappa shape index (κ2) is 8.87. The highest BCUT2D eigenvalue weighted by atomic mass is 35.5. The molecule has 2 aromatic rings. The van der Waals surface area contributed by atoms with Gasteiger partial charge in [0.15, 0.2) is 6.10 Å². The maximum absolute atomic E-state index is 13.1. The number of methoxy groups -OCH3 is 1. The first-order valence-electron chi connectivity index (χ1n) is 10.0. The number of amides is 1. The normalized spacial score (nSPS) is 18.6. The van der Waals surface area contributed by atoms with Gasteiger partial charge >= 0.3 is 0 Å². The molecule has 0 radical (unpaired) electrons. The van der Waals surface area contributed by atoms with Crippen LogP contribution in [-0.2, 0) is 16.2 Å². The second-order valence-corrected chi connectivity index (χ2v) is 8.05. The molecule has 0 N–H and O–H groups in total. The topological polar surface area (TPSA) is 51.1 Å². The summed E-state index contributed by atoms with van der Waals surface area (Å²) in [6.07, 6.45) is 3.54. The summed E-state index contributed by atoms with van der Waals surface area (Å²) in [5.41, 5.74) is 2.77. The predicted octanol–water partition coefficient (Wildman–Crippen LogP) is 4.67. The maximum atomic E-state index is 13.1. The number of ether oxygens (including phenoxy) is 1. The fourth-order valence-electron chi connectivity index (χ4n) is 3.76. The molecule has 1 amide bonds. The molecule has 1 fully saturated rings. The predicted molar refractivity (Wildman–Crippen MR) is 113 cm³/mol. The van der Waals surface area contributed by atoms with Gasteiger partial charge in [-0.15, -0.1) is 0 Å². The van der Waals surface area contributed by atoms with Crippen LogP contribution in [0, 0.1) is 5.92 Å². The van der Waals surface area contributed by atoms with Crippen molar-refractivity contribution in [1.82, 2.24) is 4.90 Å². The zero-order valence-electron chi connectivity index (χ0n) is 16.5. The molecular weight excluding hydrogens is 388 g/mol. The van der Waals surface area contributed by atoms with E-state index in [-0.39, 0.29) is 17.9 Å². The van der Waals surface area contributed by atoms with Crippen LogP contribution in [0.15, 0.2) is 53.7 Å². The molecule has 29 heavy (non-hydrogen) atoms. The minimum absolute atomic E-state index is 0.131. The molecule has 1 saturated carbocycles. The summed E-state index contributed by atoms with van der Waals surface area (Å²) in [6.45, 7) is 1.04. The highest BCUT2D eigenvalue weighted by Gasteiger charge is 2.33. The van der Waals surface area contributed by atoms with Crippen LogP contribution in [0.1, 0.15) is 36.8 Å². The van der Waals surface area contributed by atoms with Crippen LogP contribution in [0.5, 0.6) is 5.75 Å². The van der Waals surface area contributed by atoms with E-state index < -0.39 is 0 Å². The van der Waals surface area contributed by atoms with Gasteiger partial charge in [-0.3, -0.25) is 4.79 Å². The number of oxime groups is 1. The number of rotatable bonds is 7. The lowest BCUT2D eigenvalue weighted by Crippen LogP contribution is -2.42. The molecule has 0 saturated heterocycles. The summed E-state index contributed by atoms with van der Waals surface area (Å²) in [6, 6.07) is 15.5. The van der Waals surface area contributed by atoms with E-state index in [1.54, 1.807) is 7.11 Å². The van der Waals surface area contributed by atoms with Gasteiger partial charge in [-0.05, 0) is 36.6 Å². The van der Waals surface area contributed by atoms with Crippen LogP contribution in [0.4, 0.5) is 0 Å². The number of carbonyl (C=O) groups excluding carboxylic acids is 1. The Kier molecular flexibility index (Phi) is 6.05. The van der Waals surface area contributed by atoms with Gasteiger partial charge in [0.1, 0.15) is 5.75 Å². The van der Waals surface area contributed by atoms with E-state index in [1.807, 2.05) is 53.4 Å². The molecule has 1 heterocycles. The van der Waals surface area contributed by atoms with Crippen molar-refractivity contribution in [2.75, 3.05) is 13.7 Å². The van der Waals surface area contributed by atoms with Gasteiger partial charge in [0.2, 0.25) is 5.91 Å². The van der Waals surface area contributed by atoms with E-state index in [4.69, 9.17) is 21.2 Å². The Hall–Kier alpha value is -2.53. The molecule has 1 aliphatic heterocycles. The quantitative estimate of drug-likeness (QED) is 0.664. The molecule has 6 heteroatoms. The fraction of sp³-hybridized carbons (Fsp3) is 0.391. The van der Waals surface area contributed by atoms with Crippen molar-refractivity contribution in [3.05, 3.63) is 64.7 Å². The van der Waals surface area contributed by atoms with Crippen molar-refractivity contribution in [3.8, 4) is 5.75 Å². The summed E-state index contributed by atoms with van der Waals surface area (Å²) in [4.78, 5) is 20.6. The third kappa shape index (κ3) is 4.56. The zero-order chi connectivity index (χ0) is 20.2. The summed E-state index contributed by atoms with van der Waals surface area (Å²) in [5, 5.41) is 4.91. The standard InChI is InChI=1S/C23H25ClN2O3/c1-28-18-9-4-6-16(12-18)14-26(23(27)17-7-5-8-17)15-19-13-22(25-29-19)20-10-2-3-11-21(20)24/h2-4,6,9-12,17,19H,5,7-8,13-15H2,1H3/t19-/m1/s1. The van der Waals surface area contributed by atoms with Gasteiger partial charge in [-0.1, -0.05) is 53.5 Å². The van der Waals surface area contributed by atoms with Crippen LogP contribution < -0.4 is 4.74 Å². The first-order valence-corrected chi connectivity index (χ1v) is 10.4. The van der Waals surface area contributed by atoms with Gasteiger partial charge in [-0.25, -0.2) is 0 Å². The summed E-state index contributed by atoms with van der Waals surface area (Å²) in [5.74, 6) is 1.12. The summed E-state index contributed by atoms with van der Waals surface area (Å²) < 4.78 is 5.33. The molecular formula is C23H25ClN2O3. The van der Waals surface area contributed by atoms with Crippen LogP contribution in [0.3, 0.4) is 0 Å². The summed E-state index contributed by atoms with van der Waals surface area (Å²) in [7, 11) is 1.65. The largest absolute Gasteiger partial charge is 0.497 e. The smallest absolute Gasteiger partial charge is 0.226 e. The number of benzene rings is 2.